The number of halogens is 3. The van der Waals surface area contributed by atoms with Gasteiger partial charge in [-0.2, -0.15) is 0 Å². The first-order valence-corrected chi connectivity index (χ1v) is 8.71. The topological polar surface area (TPSA) is 23.8 Å². The zero-order chi connectivity index (χ0) is 13.2. The fourth-order valence-electron chi connectivity index (χ4n) is 1.84. The quantitative estimate of drug-likeness (QED) is 0.365. The Balaban J connectivity index is 2.61. The Kier molecular flexibility index (Phi) is 4.80. The molecule has 0 heterocycles. The molecule has 5 heteroatoms. The predicted molar refractivity (Wildman–Crippen MR) is 86.1 cm³/mol. The van der Waals surface area contributed by atoms with E-state index in [1.54, 1.807) is 0 Å². The number of nitriles is 1. The van der Waals surface area contributed by atoms with E-state index in [1.165, 1.54) is 0 Å². The second-order valence-electron chi connectivity index (χ2n) is 3.73. The van der Waals surface area contributed by atoms with Gasteiger partial charge in [0.1, 0.15) is 0 Å². The van der Waals surface area contributed by atoms with Gasteiger partial charge in [-0.1, -0.05) is 0 Å². The van der Waals surface area contributed by atoms with Gasteiger partial charge in [-0.3, -0.25) is 0 Å². The van der Waals surface area contributed by atoms with Crippen LogP contribution in [0.2, 0.25) is 5.02 Å². The number of hydrogen-bond acceptors (Lipinski definition) is 1. The molecule has 1 nitrogen and oxygen atoms in total. The van der Waals surface area contributed by atoms with Crippen LogP contribution in [0.25, 0.3) is 5.57 Å². The number of nitrogens with zero attached hydrogens (tertiary/aromatic N) is 1. The van der Waals surface area contributed by atoms with E-state index < -0.39 is 0 Å². The molecular formula is C13H8Cl2INSe. The number of rotatable bonds is 2. The van der Waals surface area contributed by atoms with E-state index in [2.05, 4.69) is 27.6 Å². The van der Waals surface area contributed by atoms with Crippen LogP contribution in [0.4, 0.5) is 0 Å². The van der Waals surface area contributed by atoms with E-state index in [4.69, 9.17) is 28.5 Å². The zero-order valence-electron chi connectivity index (χ0n) is 9.16. The Bertz CT molecular complexity index is 577. The first kappa shape index (κ1) is 14.4. The van der Waals surface area contributed by atoms with Gasteiger partial charge in [-0.05, 0) is 0 Å². The standard InChI is InChI=1S/C13H8Cl2INSe/c14-10-5-2-1-4-9(10)12-11(15)6-3-7-13(12,16)18-8-17/h1-6H,7H2. The molecule has 0 N–H and O–H groups in total. The van der Waals surface area contributed by atoms with Crippen molar-refractivity contribution in [2.45, 2.75) is 8.74 Å². The van der Waals surface area contributed by atoms with E-state index in [-0.39, 0.29) is 17.3 Å². The van der Waals surface area contributed by atoms with Crippen LogP contribution in [0.5, 0.6) is 0 Å². The van der Waals surface area contributed by atoms with Gasteiger partial charge in [0.15, 0.2) is 0 Å². The molecular weight excluding hydrogens is 447 g/mol. The summed E-state index contributed by atoms with van der Waals surface area (Å²) < 4.78 is -0.240. The van der Waals surface area contributed by atoms with Crippen molar-refractivity contribution in [1.82, 2.24) is 0 Å². The molecule has 18 heavy (non-hydrogen) atoms. The predicted octanol–water partition coefficient (Wildman–Crippen LogP) is 4.57. The van der Waals surface area contributed by atoms with Crippen molar-refractivity contribution in [3.63, 3.8) is 0 Å². The summed E-state index contributed by atoms with van der Waals surface area (Å²) >= 11 is 14.7. The van der Waals surface area contributed by atoms with Gasteiger partial charge in [0.05, 0.1) is 0 Å². The summed E-state index contributed by atoms with van der Waals surface area (Å²) in [6, 6.07) is 7.64. The normalized spacial score (nSPS) is 23.0. The third-order valence-corrected chi connectivity index (χ3v) is 7.02. The van der Waals surface area contributed by atoms with E-state index in [9.17, 15) is 0 Å². The van der Waals surface area contributed by atoms with Crippen LogP contribution in [0.1, 0.15) is 12.0 Å². The van der Waals surface area contributed by atoms with Gasteiger partial charge in [0.25, 0.3) is 0 Å². The van der Waals surface area contributed by atoms with Crippen molar-refractivity contribution < 1.29 is 0 Å². The molecule has 0 saturated carbocycles. The number of alkyl halides is 1. The SMILES string of the molecule is N#C[Se]C1(I)CC=CC(Cl)=C1c1ccccc1Cl. The summed E-state index contributed by atoms with van der Waals surface area (Å²) in [5.41, 5.74) is 1.92. The molecule has 0 aromatic heterocycles. The third-order valence-electron chi connectivity index (χ3n) is 2.61. The van der Waals surface area contributed by atoms with Crippen molar-refractivity contribution in [1.29, 1.82) is 5.26 Å². The average molecular weight is 455 g/mol. The van der Waals surface area contributed by atoms with Crippen molar-refractivity contribution in [2.75, 3.05) is 0 Å². The summed E-state index contributed by atoms with van der Waals surface area (Å²) in [6.45, 7) is 0. The summed E-state index contributed by atoms with van der Waals surface area (Å²) in [6.07, 6.45) is 4.73. The monoisotopic (exact) mass is 455 g/mol. The molecule has 0 aliphatic heterocycles. The molecule has 0 saturated heterocycles. The molecule has 1 aliphatic rings. The van der Waals surface area contributed by atoms with E-state index in [1.807, 2.05) is 36.4 Å². The van der Waals surface area contributed by atoms with Crippen LogP contribution in [-0.4, -0.2) is 17.3 Å². The van der Waals surface area contributed by atoms with Gasteiger partial charge >= 0.3 is 137 Å². The second kappa shape index (κ2) is 5.98. The second-order valence-corrected chi connectivity index (χ2v) is 10.3. The van der Waals surface area contributed by atoms with E-state index >= 15 is 0 Å². The molecule has 0 radical (unpaired) electrons. The summed E-state index contributed by atoms with van der Waals surface area (Å²) in [4.78, 5) is 2.30. The van der Waals surface area contributed by atoms with Gasteiger partial charge in [0, 0.05) is 0 Å². The van der Waals surface area contributed by atoms with E-state index in [0.29, 0.717) is 10.1 Å². The van der Waals surface area contributed by atoms with Crippen molar-refractivity contribution in [2.24, 2.45) is 0 Å². The maximum atomic E-state index is 9.05. The van der Waals surface area contributed by atoms with Crippen LogP contribution < -0.4 is 0 Å². The molecule has 0 spiro atoms. The van der Waals surface area contributed by atoms with Gasteiger partial charge < -0.3 is 0 Å². The van der Waals surface area contributed by atoms with Crippen LogP contribution in [-0.2, 0) is 0 Å². The fourth-order valence-corrected chi connectivity index (χ4v) is 5.41. The first-order valence-electron chi connectivity index (χ1n) is 5.16. The van der Waals surface area contributed by atoms with Gasteiger partial charge in [-0.15, -0.1) is 0 Å². The molecule has 0 bridgehead atoms. The third kappa shape index (κ3) is 2.79. The molecule has 1 atom stereocenters. The molecule has 92 valence electrons. The molecule has 1 unspecified atom stereocenters. The minimum absolute atomic E-state index is 0.188. The van der Waals surface area contributed by atoms with Gasteiger partial charge in [0.2, 0.25) is 0 Å². The van der Waals surface area contributed by atoms with Gasteiger partial charge in [-0.25, -0.2) is 0 Å². The number of allylic oxidation sites excluding steroid dienone is 4. The Labute approximate surface area is 136 Å². The van der Waals surface area contributed by atoms with Crippen LogP contribution in [0.3, 0.4) is 0 Å². The van der Waals surface area contributed by atoms with Crippen molar-refractivity contribution >= 4 is 66.3 Å². The molecule has 0 fully saturated rings. The summed E-state index contributed by atoms with van der Waals surface area (Å²) in [5, 5.41) is 10.4. The Hall–Kier alpha value is 0.0195. The van der Waals surface area contributed by atoms with E-state index in [0.717, 1.165) is 17.6 Å². The Morgan fingerprint density at radius 1 is 1.33 bits per heavy atom. The molecule has 1 aromatic carbocycles. The Morgan fingerprint density at radius 2 is 2.06 bits per heavy atom. The van der Waals surface area contributed by atoms with Crippen molar-refractivity contribution in [3.05, 3.63) is 52.0 Å². The number of benzene rings is 1. The summed E-state index contributed by atoms with van der Waals surface area (Å²) in [7, 11) is 0. The molecule has 0 amide bonds. The summed E-state index contributed by atoms with van der Waals surface area (Å²) in [5.74, 6) is 0. The molecule has 1 aliphatic carbocycles. The zero-order valence-corrected chi connectivity index (χ0v) is 14.5. The fraction of sp³-hybridized carbons (Fsp3) is 0.154. The minimum atomic E-state index is -0.240. The van der Waals surface area contributed by atoms with Crippen molar-refractivity contribution in [3.8, 4) is 4.97 Å². The molecule has 1 aromatic rings. The number of hydrogen-bond donors (Lipinski definition) is 0. The van der Waals surface area contributed by atoms with Crippen LogP contribution >= 0.6 is 45.8 Å². The van der Waals surface area contributed by atoms with Crippen LogP contribution in [0, 0.1) is 10.2 Å². The average Bonchev–Trinajstić information content (AvgIpc) is 2.31. The maximum absolute atomic E-state index is 9.05. The molecule has 2 rings (SSSR count). The van der Waals surface area contributed by atoms with Crippen LogP contribution in [0.15, 0.2) is 41.4 Å². The first-order chi connectivity index (χ1) is 8.58. The Morgan fingerprint density at radius 3 is 2.72 bits per heavy atom.